The highest BCUT2D eigenvalue weighted by molar-refractivity contribution is 6.38. The van der Waals surface area contributed by atoms with Crippen LogP contribution in [0.3, 0.4) is 0 Å². The maximum Gasteiger partial charge on any atom is 0.269 e. The van der Waals surface area contributed by atoms with Crippen LogP contribution in [-0.4, -0.2) is 29.8 Å². The molecule has 1 amide bonds. The van der Waals surface area contributed by atoms with Crippen LogP contribution >= 0.6 is 11.6 Å². The molecule has 1 aliphatic rings. The Morgan fingerprint density at radius 1 is 1.50 bits per heavy atom. The lowest BCUT2D eigenvalue weighted by Gasteiger charge is -2.33. The molecule has 1 aromatic rings. The molecule has 22 heavy (non-hydrogen) atoms. The largest absolute Gasteiger partial charge is 0.347 e. The maximum atomic E-state index is 13.3. The van der Waals surface area contributed by atoms with E-state index in [9.17, 15) is 14.0 Å². The summed E-state index contributed by atoms with van der Waals surface area (Å²) < 4.78 is 13.3. The van der Waals surface area contributed by atoms with Crippen molar-refractivity contribution in [1.29, 1.82) is 0 Å². The zero-order chi connectivity index (χ0) is 16.3. The fraction of sp³-hybridized carbons (Fsp3) is 0.250. The second-order valence-electron chi connectivity index (χ2n) is 5.32. The van der Waals surface area contributed by atoms with Crippen LogP contribution in [0.5, 0.6) is 0 Å². The van der Waals surface area contributed by atoms with Gasteiger partial charge in [-0.1, -0.05) is 23.7 Å². The van der Waals surface area contributed by atoms with E-state index in [0.717, 1.165) is 5.56 Å². The summed E-state index contributed by atoms with van der Waals surface area (Å²) in [7, 11) is 1.76. The predicted molar refractivity (Wildman–Crippen MR) is 82.5 cm³/mol. The molecule has 1 heterocycles. The monoisotopic (exact) mass is 322 g/mol. The summed E-state index contributed by atoms with van der Waals surface area (Å²) in [5.74, 6) is -0.586. The molecule has 2 rings (SSSR count). The summed E-state index contributed by atoms with van der Waals surface area (Å²) in [4.78, 5) is 24.4. The number of aldehydes is 1. The van der Waals surface area contributed by atoms with E-state index in [1.54, 1.807) is 24.1 Å². The van der Waals surface area contributed by atoms with Gasteiger partial charge >= 0.3 is 0 Å². The molecule has 0 spiro atoms. The quantitative estimate of drug-likeness (QED) is 0.684. The molecule has 1 unspecified atom stereocenters. The van der Waals surface area contributed by atoms with Crippen molar-refractivity contribution < 1.29 is 14.0 Å². The van der Waals surface area contributed by atoms with Crippen LogP contribution in [0.1, 0.15) is 12.5 Å². The Hall–Kier alpha value is -2.14. The molecule has 0 aromatic heterocycles. The molecule has 4 nitrogen and oxygen atoms in total. The molecule has 116 valence electrons. The lowest BCUT2D eigenvalue weighted by Crippen LogP contribution is -2.49. The molecule has 0 radical (unpaired) electrons. The fourth-order valence-electron chi connectivity index (χ4n) is 2.40. The lowest BCUT2D eigenvalue weighted by molar-refractivity contribution is -0.117. The minimum atomic E-state index is -0.682. The maximum absolute atomic E-state index is 13.3. The van der Waals surface area contributed by atoms with E-state index in [1.165, 1.54) is 24.3 Å². The van der Waals surface area contributed by atoms with Crippen LogP contribution < -0.4 is 5.32 Å². The van der Waals surface area contributed by atoms with Gasteiger partial charge < -0.3 is 10.2 Å². The first-order valence-corrected chi connectivity index (χ1v) is 7.07. The lowest BCUT2D eigenvalue weighted by atomic mass is 10.0. The summed E-state index contributed by atoms with van der Waals surface area (Å²) in [6.07, 6.45) is 3.80. The molecule has 1 aromatic carbocycles. The molecule has 1 atom stereocenters. The van der Waals surface area contributed by atoms with Gasteiger partial charge in [0, 0.05) is 13.5 Å². The Kier molecular flexibility index (Phi) is 4.66. The molecule has 1 aliphatic heterocycles. The first-order valence-electron chi connectivity index (χ1n) is 6.69. The highest BCUT2D eigenvalue weighted by atomic mass is 35.5. The van der Waals surface area contributed by atoms with Gasteiger partial charge in [-0.15, -0.1) is 0 Å². The third-order valence-corrected chi connectivity index (χ3v) is 3.88. The first-order chi connectivity index (χ1) is 10.4. The SMILES string of the molecule is CN1/C(=C\C=C(\Cl)C=O)C(=O)NC1(C)Cc1cccc(F)c1. The average Bonchev–Trinajstić information content (AvgIpc) is 2.66. The number of rotatable bonds is 4. The van der Waals surface area contributed by atoms with Crippen LogP contribution in [0.15, 0.2) is 47.1 Å². The van der Waals surface area contributed by atoms with Gasteiger partial charge in [0.1, 0.15) is 17.2 Å². The minimum Gasteiger partial charge on any atom is -0.347 e. The summed E-state index contributed by atoms with van der Waals surface area (Å²) in [6.45, 7) is 1.85. The standard InChI is InChI=1S/C16H16ClFN2O2/c1-16(9-11-4-3-5-13(18)8-11)19-15(22)14(20(16)2)7-6-12(17)10-21/h3-8,10H,9H2,1-2H3,(H,19,22)/b12-6+,14-7-. The number of carbonyl (C=O) groups is 2. The molecule has 1 saturated heterocycles. The Balaban J connectivity index is 2.26. The molecule has 1 N–H and O–H groups in total. The second kappa shape index (κ2) is 6.32. The summed E-state index contributed by atoms with van der Waals surface area (Å²) in [5, 5.41) is 2.88. The number of hydrogen-bond acceptors (Lipinski definition) is 3. The van der Waals surface area contributed by atoms with Gasteiger partial charge in [-0.2, -0.15) is 0 Å². The number of likely N-dealkylation sites (N-methyl/N-ethyl adjacent to an activating group) is 1. The third kappa shape index (κ3) is 3.36. The molecule has 6 heteroatoms. The van der Waals surface area contributed by atoms with Crippen LogP contribution in [0.25, 0.3) is 0 Å². The number of carbonyl (C=O) groups excluding carboxylic acids is 2. The Labute approximate surface area is 133 Å². The van der Waals surface area contributed by atoms with E-state index in [4.69, 9.17) is 11.6 Å². The van der Waals surface area contributed by atoms with Crippen molar-refractivity contribution in [3.63, 3.8) is 0 Å². The van der Waals surface area contributed by atoms with Gasteiger partial charge in [-0.05, 0) is 36.8 Å². The van der Waals surface area contributed by atoms with Crippen molar-refractivity contribution >= 4 is 23.8 Å². The van der Waals surface area contributed by atoms with Gasteiger partial charge in [0.05, 0.1) is 5.03 Å². The van der Waals surface area contributed by atoms with Crippen molar-refractivity contribution in [2.45, 2.75) is 19.0 Å². The van der Waals surface area contributed by atoms with E-state index in [1.807, 2.05) is 6.92 Å². The van der Waals surface area contributed by atoms with Gasteiger partial charge in [-0.25, -0.2) is 4.39 Å². The van der Waals surface area contributed by atoms with Gasteiger partial charge in [0.2, 0.25) is 0 Å². The van der Waals surface area contributed by atoms with E-state index < -0.39 is 5.66 Å². The molecule has 0 bridgehead atoms. The number of nitrogens with zero attached hydrogens (tertiary/aromatic N) is 1. The van der Waals surface area contributed by atoms with Crippen molar-refractivity contribution in [3.8, 4) is 0 Å². The first kappa shape index (κ1) is 16.2. The summed E-state index contributed by atoms with van der Waals surface area (Å²) >= 11 is 5.61. The number of nitrogens with one attached hydrogen (secondary N) is 1. The van der Waals surface area contributed by atoms with Crippen LogP contribution in [0, 0.1) is 5.82 Å². The summed E-state index contributed by atoms with van der Waals surface area (Å²) in [5.41, 5.74) is 0.481. The number of amides is 1. The van der Waals surface area contributed by atoms with Gasteiger partial charge in [0.15, 0.2) is 6.29 Å². The Morgan fingerprint density at radius 2 is 2.23 bits per heavy atom. The molecule has 1 fully saturated rings. The van der Waals surface area contributed by atoms with Crippen LogP contribution in [-0.2, 0) is 16.0 Å². The van der Waals surface area contributed by atoms with E-state index >= 15 is 0 Å². The average molecular weight is 323 g/mol. The number of halogens is 2. The van der Waals surface area contributed by atoms with Crippen molar-refractivity contribution in [2.24, 2.45) is 0 Å². The zero-order valence-electron chi connectivity index (χ0n) is 12.3. The minimum absolute atomic E-state index is 0.00688. The zero-order valence-corrected chi connectivity index (χ0v) is 13.0. The van der Waals surface area contributed by atoms with E-state index in [2.05, 4.69) is 5.32 Å². The molecular formula is C16H16ClFN2O2. The van der Waals surface area contributed by atoms with Crippen molar-refractivity contribution in [1.82, 2.24) is 10.2 Å². The summed E-state index contributed by atoms with van der Waals surface area (Å²) in [6, 6.07) is 6.25. The smallest absolute Gasteiger partial charge is 0.269 e. The number of allylic oxidation sites excluding steroid dienone is 3. The predicted octanol–water partition coefficient (Wildman–Crippen LogP) is 2.35. The molecular weight excluding hydrogens is 307 g/mol. The van der Waals surface area contributed by atoms with Crippen molar-refractivity contribution in [2.75, 3.05) is 7.05 Å². The molecule has 0 saturated carbocycles. The fourth-order valence-corrected chi connectivity index (χ4v) is 2.47. The highest BCUT2D eigenvalue weighted by Crippen LogP contribution is 2.27. The highest BCUT2D eigenvalue weighted by Gasteiger charge is 2.41. The Bertz CT molecular complexity index is 672. The number of benzene rings is 1. The van der Waals surface area contributed by atoms with Gasteiger partial charge in [0.25, 0.3) is 5.91 Å². The topological polar surface area (TPSA) is 49.4 Å². The third-order valence-electron chi connectivity index (χ3n) is 3.67. The molecule has 0 aliphatic carbocycles. The van der Waals surface area contributed by atoms with Crippen LogP contribution in [0.2, 0.25) is 0 Å². The van der Waals surface area contributed by atoms with Gasteiger partial charge in [-0.3, -0.25) is 9.59 Å². The normalized spacial score (nSPS) is 23.8. The second-order valence-corrected chi connectivity index (χ2v) is 5.75. The van der Waals surface area contributed by atoms with E-state index in [-0.39, 0.29) is 16.8 Å². The van der Waals surface area contributed by atoms with E-state index in [0.29, 0.717) is 18.4 Å². The van der Waals surface area contributed by atoms with Crippen LogP contribution in [0.4, 0.5) is 4.39 Å². The Morgan fingerprint density at radius 3 is 2.86 bits per heavy atom. The van der Waals surface area contributed by atoms with Crippen molar-refractivity contribution in [3.05, 3.63) is 58.5 Å². The number of hydrogen-bond donors (Lipinski definition) is 1.